The van der Waals surface area contributed by atoms with Gasteiger partial charge in [-0.15, -0.1) is 0 Å². The number of amides is 2. The molecule has 1 aromatic rings. The van der Waals surface area contributed by atoms with Crippen LogP contribution < -0.4 is 10.1 Å². The van der Waals surface area contributed by atoms with Gasteiger partial charge < -0.3 is 15.0 Å². The summed E-state index contributed by atoms with van der Waals surface area (Å²) in [5.41, 5.74) is 1.07. The SMILES string of the molecule is COc1cccc([C@@H]2CN(C(=O)C3CCCC3)C[C@H]2C(=O)NCCC(C)C)c1. The van der Waals surface area contributed by atoms with E-state index in [1.54, 1.807) is 7.11 Å². The monoisotopic (exact) mass is 386 g/mol. The zero-order valence-electron chi connectivity index (χ0n) is 17.4. The largest absolute Gasteiger partial charge is 0.497 e. The number of nitrogens with one attached hydrogen (secondary N) is 1. The highest BCUT2D eigenvalue weighted by molar-refractivity contribution is 5.84. The number of benzene rings is 1. The minimum absolute atomic E-state index is 0.0134. The number of ether oxygens (including phenoxy) is 1. The average molecular weight is 387 g/mol. The van der Waals surface area contributed by atoms with Crippen LogP contribution in [0.3, 0.4) is 0 Å². The van der Waals surface area contributed by atoms with E-state index in [0.717, 1.165) is 43.4 Å². The summed E-state index contributed by atoms with van der Waals surface area (Å²) in [5, 5.41) is 3.11. The van der Waals surface area contributed by atoms with Crippen LogP contribution in [0.15, 0.2) is 24.3 Å². The lowest BCUT2D eigenvalue weighted by Crippen LogP contribution is -2.37. The summed E-state index contributed by atoms with van der Waals surface area (Å²) in [5.74, 6) is 1.60. The third-order valence-corrected chi connectivity index (χ3v) is 6.22. The van der Waals surface area contributed by atoms with Gasteiger partial charge in [-0.1, -0.05) is 38.8 Å². The van der Waals surface area contributed by atoms with Crippen LogP contribution in [0, 0.1) is 17.8 Å². The lowest BCUT2D eigenvalue weighted by molar-refractivity contribution is -0.134. The second-order valence-electron chi connectivity index (χ2n) is 8.69. The number of nitrogens with zero attached hydrogens (tertiary/aromatic N) is 1. The first-order valence-corrected chi connectivity index (χ1v) is 10.7. The molecule has 1 saturated heterocycles. The number of hydrogen-bond donors (Lipinski definition) is 1. The van der Waals surface area contributed by atoms with Gasteiger partial charge in [0.1, 0.15) is 5.75 Å². The molecule has 154 valence electrons. The Kier molecular flexibility index (Phi) is 6.97. The third-order valence-electron chi connectivity index (χ3n) is 6.22. The minimum atomic E-state index is -0.204. The van der Waals surface area contributed by atoms with Crippen molar-refractivity contribution in [3.05, 3.63) is 29.8 Å². The molecule has 0 radical (unpaired) electrons. The molecule has 2 fully saturated rings. The number of rotatable bonds is 7. The summed E-state index contributed by atoms with van der Waals surface area (Å²) in [6.07, 6.45) is 5.23. The maximum absolute atomic E-state index is 13.0. The number of carbonyl (C=O) groups excluding carboxylic acids is 2. The van der Waals surface area contributed by atoms with E-state index in [0.29, 0.717) is 25.6 Å². The minimum Gasteiger partial charge on any atom is -0.497 e. The third kappa shape index (κ3) is 4.86. The van der Waals surface area contributed by atoms with Gasteiger partial charge in [-0.3, -0.25) is 9.59 Å². The molecule has 3 rings (SSSR count). The molecule has 0 unspecified atom stereocenters. The summed E-state index contributed by atoms with van der Waals surface area (Å²) in [4.78, 5) is 27.9. The van der Waals surface area contributed by atoms with Gasteiger partial charge >= 0.3 is 0 Å². The number of methoxy groups -OCH3 is 1. The van der Waals surface area contributed by atoms with Crippen molar-refractivity contribution in [3.63, 3.8) is 0 Å². The first-order valence-electron chi connectivity index (χ1n) is 10.7. The molecule has 5 heteroatoms. The second kappa shape index (κ2) is 9.44. The molecule has 1 aliphatic heterocycles. The molecular formula is C23H34N2O3. The number of carbonyl (C=O) groups is 2. The maximum atomic E-state index is 13.0. The van der Waals surface area contributed by atoms with Crippen molar-refractivity contribution < 1.29 is 14.3 Å². The molecule has 5 nitrogen and oxygen atoms in total. The highest BCUT2D eigenvalue weighted by Gasteiger charge is 2.42. The van der Waals surface area contributed by atoms with Crippen molar-refractivity contribution in [2.75, 3.05) is 26.7 Å². The van der Waals surface area contributed by atoms with Crippen molar-refractivity contribution in [1.82, 2.24) is 10.2 Å². The summed E-state index contributed by atoms with van der Waals surface area (Å²) in [6, 6.07) is 7.93. The molecule has 28 heavy (non-hydrogen) atoms. The Morgan fingerprint density at radius 3 is 2.64 bits per heavy atom. The van der Waals surface area contributed by atoms with Gasteiger partial charge in [0.05, 0.1) is 13.0 Å². The zero-order valence-corrected chi connectivity index (χ0v) is 17.4. The Bertz CT molecular complexity index is 682. The molecule has 2 aliphatic rings. The Hall–Kier alpha value is -2.04. The Morgan fingerprint density at radius 2 is 1.96 bits per heavy atom. The van der Waals surface area contributed by atoms with Crippen molar-refractivity contribution >= 4 is 11.8 Å². The van der Waals surface area contributed by atoms with Crippen LogP contribution in [-0.2, 0) is 9.59 Å². The predicted molar refractivity (Wildman–Crippen MR) is 110 cm³/mol. The lowest BCUT2D eigenvalue weighted by atomic mass is 9.88. The van der Waals surface area contributed by atoms with E-state index in [1.807, 2.05) is 29.2 Å². The maximum Gasteiger partial charge on any atom is 0.225 e. The lowest BCUT2D eigenvalue weighted by Gasteiger charge is -2.20. The fourth-order valence-electron chi connectivity index (χ4n) is 4.51. The van der Waals surface area contributed by atoms with E-state index >= 15 is 0 Å². The van der Waals surface area contributed by atoms with Gasteiger partial charge in [-0.2, -0.15) is 0 Å². The van der Waals surface area contributed by atoms with Gasteiger partial charge in [0, 0.05) is 31.5 Å². The molecule has 1 saturated carbocycles. The standard InChI is InChI=1S/C23H34N2O3/c1-16(2)11-12-24-22(26)21-15-25(23(27)17-7-4-5-8-17)14-20(21)18-9-6-10-19(13-18)28-3/h6,9-10,13,16-17,20-21H,4-5,7-8,11-12,14-15H2,1-3H3,(H,24,26)/t20-,21+/m0/s1. The van der Waals surface area contributed by atoms with Crippen LogP contribution >= 0.6 is 0 Å². The summed E-state index contributed by atoms with van der Waals surface area (Å²) < 4.78 is 5.38. The van der Waals surface area contributed by atoms with Gasteiger partial charge in [0.15, 0.2) is 0 Å². The Balaban J connectivity index is 1.76. The molecule has 0 spiro atoms. The molecule has 2 amide bonds. The first-order chi connectivity index (χ1) is 13.5. The highest BCUT2D eigenvalue weighted by Crippen LogP contribution is 2.37. The van der Waals surface area contributed by atoms with Crippen molar-refractivity contribution in [2.24, 2.45) is 17.8 Å². The fraction of sp³-hybridized carbons (Fsp3) is 0.652. The van der Waals surface area contributed by atoms with Gasteiger partial charge in [-0.25, -0.2) is 0 Å². The van der Waals surface area contributed by atoms with E-state index in [1.165, 1.54) is 0 Å². The summed E-state index contributed by atoms with van der Waals surface area (Å²) in [6.45, 7) is 6.13. The van der Waals surface area contributed by atoms with E-state index in [-0.39, 0.29) is 29.6 Å². The fourth-order valence-corrected chi connectivity index (χ4v) is 4.51. The van der Waals surface area contributed by atoms with Crippen LogP contribution in [0.2, 0.25) is 0 Å². The average Bonchev–Trinajstić information content (AvgIpc) is 3.37. The predicted octanol–water partition coefficient (Wildman–Crippen LogP) is 3.59. The smallest absolute Gasteiger partial charge is 0.225 e. The first kappa shape index (κ1) is 20.7. The number of likely N-dealkylation sites (tertiary alicyclic amines) is 1. The zero-order chi connectivity index (χ0) is 20.1. The molecule has 1 aromatic carbocycles. The highest BCUT2D eigenvalue weighted by atomic mass is 16.5. The summed E-state index contributed by atoms with van der Waals surface area (Å²) >= 11 is 0. The Labute approximate surface area is 168 Å². The van der Waals surface area contributed by atoms with Crippen LogP contribution in [0.4, 0.5) is 0 Å². The van der Waals surface area contributed by atoms with E-state index in [2.05, 4.69) is 19.2 Å². The topological polar surface area (TPSA) is 58.6 Å². The van der Waals surface area contributed by atoms with Crippen molar-refractivity contribution in [2.45, 2.75) is 51.9 Å². The molecule has 0 bridgehead atoms. The molecular weight excluding hydrogens is 352 g/mol. The molecule has 1 heterocycles. The second-order valence-corrected chi connectivity index (χ2v) is 8.69. The van der Waals surface area contributed by atoms with E-state index < -0.39 is 0 Å². The van der Waals surface area contributed by atoms with Gasteiger partial charge in [0.25, 0.3) is 0 Å². The summed E-state index contributed by atoms with van der Waals surface area (Å²) in [7, 11) is 1.65. The number of hydrogen-bond acceptors (Lipinski definition) is 3. The van der Waals surface area contributed by atoms with Crippen LogP contribution in [0.25, 0.3) is 0 Å². The quantitative estimate of drug-likeness (QED) is 0.779. The normalized spacial score (nSPS) is 22.6. The molecule has 0 aromatic heterocycles. The Morgan fingerprint density at radius 1 is 1.21 bits per heavy atom. The van der Waals surface area contributed by atoms with E-state index in [4.69, 9.17) is 4.74 Å². The van der Waals surface area contributed by atoms with Crippen molar-refractivity contribution in [3.8, 4) is 5.75 Å². The van der Waals surface area contributed by atoms with Gasteiger partial charge in [0.2, 0.25) is 11.8 Å². The van der Waals surface area contributed by atoms with Crippen LogP contribution in [0.5, 0.6) is 5.75 Å². The molecule has 1 N–H and O–H groups in total. The van der Waals surface area contributed by atoms with Crippen LogP contribution in [0.1, 0.15) is 57.4 Å². The molecule has 1 aliphatic carbocycles. The van der Waals surface area contributed by atoms with Crippen LogP contribution in [-0.4, -0.2) is 43.5 Å². The van der Waals surface area contributed by atoms with E-state index in [9.17, 15) is 9.59 Å². The molecule has 2 atom stereocenters. The van der Waals surface area contributed by atoms with Crippen molar-refractivity contribution in [1.29, 1.82) is 0 Å². The van der Waals surface area contributed by atoms with Gasteiger partial charge in [-0.05, 0) is 42.9 Å².